The quantitative estimate of drug-likeness (QED) is 0.471. The number of halogens is 3. The van der Waals surface area contributed by atoms with Crippen molar-refractivity contribution >= 4 is 35.1 Å². The first-order valence-electron chi connectivity index (χ1n) is 11.4. The maximum absolute atomic E-state index is 13.4. The molecule has 0 saturated heterocycles. The van der Waals surface area contributed by atoms with E-state index in [1.807, 2.05) is 13.8 Å². The van der Waals surface area contributed by atoms with Gasteiger partial charge in [0, 0.05) is 36.1 Å². The Morgan fingerprint density at radius 1 is 1.14 bits per heavy atom. The summed E-state index contributed by atoms with van der Waals surface area (Å²) in [7, 11) is 0. The normalized spacial score (nSPS) is 13.4. The zero-order valence-electron chi connectivity index (χ0n) is 20.0. The van der Waals surface area contributed by atoms with Crippen LogP contribution in [-0.4, -0.2) is 35.0 Å². The van der Waals surface area contributed by atoms with Crippen molar-refractivity contribution in [3.63, 3.8) is 0 Å². The molecule has 2 aromatic carbocycles. The summed E-state index contributed by atoms with van der Waals surface area (Å²) < 4.78 is 39.2. The molecule has 0 unspecified atom stereocenters. The van der Waals surface area contributed by atoms with Crippen molar-refractivity contribution in [1.82, 2.24) is 9.97 Å². The molecule has 1 aromatic heterocycles. The van der Waals surface area contributed by atoms with Gasteiger partial charge in [-0.25, -0.2) is 9.78 Å². The molecule has 0 radical (unpaired) electrons. The van der Waals surface area contributed by atoms with Gasteiger partial charge >= 0.3 is 12.2 Å². The Hall–Kier alpha value is -4.15. The molecule has 0 bridgehead atoms. The predicted octanol–water partition coefficient (Wildman–Crippen LogP) is 5.45. The number of carbonyl (C=O) groups excluding carboxylic acids is 2. The average molecular weight is 499 g/mol. The molecule has 0 aliphatic carbocycles. The van der Waals surface area contributed by atoms with Crippen LogP contribution in [0.1, 0.15) is 40.9 Å². The van der Waals surface area contributed by atoms with Gasteiger partial charge in [0.25, 0.3) is 5.91 Å². The highest BCUT2D eigenvalue weighted by atomic mass is 19.4. The largest absolute Gasteiger partial charge is 0.416 e. The van der Waals surface area contributed by atoms with Crippen LogP contribution in [0.25, 0.3) is 0 Å². The van der Waals surface area contributed by atoms with E-state index in [-0.39, 0.29) is 18.1 Å². The number of fused-ring (bicyclic) bond motifs is 1. The van der Waals surface area contributed by atoms with Crippen molar-refractivity contribution in [2.75, 3.05) is 33.5 Å². The van der Waals surface area contributed by atoms with Crippen molar-refractivity contribution in [3.05, 3.63) is 70.9 Å². The summed E-state index contributed by atoms with van der Waals surface area (Å²) in [5.74, 6) is 0.291. The van der Waals surface area contributed by atoms with E-state index in [9.17, 15) is 22.8 Å². The monoisotopic (exact) mass is 498 g/mol. The molecule has 1 aliphatic rings. The Labute approximate surface area is 206 Å². The molecular weight excluding hydrogens is 473 g/mol. The predicted molar refractivity (Wildman–Crippen MR) is 131 cm³/mol. The van der Waals surface area contributed by atoms with Gasteiger partial charge < -0.3 is 10.6 Å². The van der Waals surface area contributed by atoms with Gasteiger partial charge in [-0.15, -0.1) is 0 Å². The molecule has 188 valence electrons. The Morgan fingerprint density at radius 2 is 1.89 bits per heavy atom. The summed E-state index contributed by atoms with van der Waals surface area (Å²) in [4.78, 5) is 38.1. The number of benzene rings is 2. The van der Waals surface area contributed by atoms with E-state index in [2.05, 4.69) is 20.6 Å². The first-order valence-corrected chi connectivity index (χ1v) is 11.4. The van der Waals surface area contributed by atoms with Crippen LogP contribution in [0, 0.1) is 6.92 Å². The molecule has 3 aromatic rings. The van der Waals surface area contributed by atoms with E-state index in [4.69, 9.17) is 0 Å². The van der Waals surface area contributed by atoms with Crippen LogP contribution in [0.4, 0.5) is 41.1 Å². The summed E-state index contributed by atoms with van der Waals surface area (Å²) >= 11 is 0. The zero-order chi connectivity index (χ0) is 26.0. The number of anilines is 4. The Balaban J connectivity index is 1.63. The van der Waals surface area contributed by atoms with Gasteiger partial charge in [0.05, 0.1) is 17.8 Å². The molecule has 3 amide bonds. The second-order valence-corrected chi connectivity index (χ2v) is 8.17. The molecule has 4 rings (SSSR count). The van der Waals surface area contributed by atoms with E-state index in [1.54, 1.807) is 41.1 Å². The van der Waals surface area contributed by atoms with Crippen LogP contribution >= 0.6 is 0 Å². The summed E-state index contributed by atoms with van der Waals surface area (Å²) in [6.07, 6.45) is -2.88. The lowest BCUT2D eigenvalue weighted by Gasteiger charge is -2.36. The van der Waals surface area contributed by atoms with Gasteiger partial charge in [-0.3, -0.25) is 14.6 Å². The molecule has 0 saturated carbocycles. The number of alkyl halides is 3. The maximum atomic E-state index is 13.4. The zero-order valence-corrected chi connectivity index (χ0v) is 20.0. The number of carbonyl (C=O) groups is 2. The Kier molecular flexibility index (Phi) is 6.82. The number of urea groups is 1. The first kappa shape index (κ1) is 25.0. The first-order chi connectivity index (χ1) is 17.1. The number of amides is 3. The van der Waals surface area contributed by atoms with Crippen LogP contribution in [0.15, 0.2) is 48.7 Å². The van der Waals surface area contributed by atoms with Crippen molar-refractivity contribution in [2.24, 2.45) is 0 Å². The standard InChI is InChI=1S/C25H25F3N6O2/c1-4-29-23-30-13-17-14-34(24(36)33(5-2)21(17)32-23)20-11-7-10-19(15(20)3)31-22(35)16-8-6-9-18(12-16)25(26,27)28/h6-13H,4-5,14H2,1-3H3,(H,31,35)(H,29,30,32). The summed E-state index contributed by atoms with van der Waals surface area (Å²) in [6.45, 7) is 6.76. The fourth-order valence-corrected chi connectivity index (χ4v) is 4.02. The second kappa shape index (κ2) is 9.84. The van der Waals surface area contributed by atoms with E-state index >= 15 is 0 Å². The van der Waals surface area contributed by atoms with E-state index in [0.717, 1.165) is 17.7 Å². The fourth-order valence-electron chi connectivity index (χ4n) is 4.02. The molecule has 0 fully saturated rings. The summed E-state index contributed by atoms with van der Waals surface area (Å²) in [5, 5.41) is 5.72. The van der Waals surface area contributed by atoms with Crippen LogP contribution < -0.4 is 20.4 Å². The number of nitrogens with zero attached hydrogens (tertiary/aromatic N) is 4. The average Bonchev–Trinajstić information content (AvgIpc) is 2.85. The van der Waals surface area contributed by atoms with Crippen molar-refractivity contribution < 1.29 is 22.8 Å². The van der Waals surface area contributed by atoms with Gasteiger partial charge in [-0.2, -0.15) is 18.2 Å². The number of nitrogens with one attached hydrogen (secondary N) is 2. The summed E-state index contributed by atoms with van der Waals surface area (Å²) in [6, 6.07) is 9.00. The molecule has 11 heteroatoms. The molecular formula is C25H25F3N6O2. The Bertz CT molecular complexity index is 1310. The summed E-state index contributed by atoms with van der Waals surface area (Å²) in [5.41, 5.74) is 1.27. The minimum Gasteiger partial charge on any atom is -0.354 e. The number of hydrogen-bond donors (Lipinski definition) is 2. The highest BCUT2D eigenvalue weighted by molar-refractivity contribution is 6.08. The number of rotatable bonds is 6. The maximum Gasteiger partial charge on any atom is 0.416 e. The third kappa shape index (κ3) is 4.81. The molecule has 2 N–H and O–H groups in total. The van der Waals surface area contributed by atoms with Gasteiger partial charge in [-0.1, -0.05) is 12.1 Å². The fraction of sp³-hybridized carbons (Fsp3) is 0.280. The van der Waals surface area contributed by atoms with Gasteiger partial charge in [0.1, 0.15) is 5.82 Å². The second-order valence-electron chi connectivity index (χ2n) is 8.17. The lowest BCUT2D eigenvalue weighted by atomic mass is 10.1. The number of aromatic nitrogens is 2. The van der Waals surface area contributed by atoms with Crippen molar-refractivity contribution in [2.45, 2.75) is 33.5 Å². The number of hydrogen-bond acceptors (Lipinski definition) is 5. The molecule has 2 heterocycles. The van der Waals surface area contributed by atoms with Crippen LogP contribution in [-0.2, 0) is 12.7 Å². The highest BCUT2D eigenvalue weighted by Crippen LogP contribution is 2.35. The van der Waals surface area contributed by atoms with Crippen LogP contribution in [0.3, 0.4) is 0 Å². The van der Waals surface area contributed by atoms with E-state index in [1.165, 1.54) is 12.1 Å². The Morgan fingerprint density at radius 3 is 2.58 bits per heavy atom. The lowest BCUT2D eigenvalue weighted by Crippen LogP contribution is -2.48. The van der Waals surface area contributed by atoms with Gasteiger partial charge in [-0.05, 0) is 56.7 Å². The van der Waals surface area contributed by atoms with Crippen molar-refractivity contribution in [3.8, 4) is 0 Å². The molecule has 8 nitrogen and oxygen atoms in total. The van der Waals surface area contributed by atoms with E-state index in [0.29, 0.717) is 41.8 Å². The van der Waals surface area contributed by atoms with Crippen LogP contribution in [0.2, 0.25) is 0 Å². The lowest BCUT2D eigenvalue weighted by molar-refractivity contribution is -0.137. The molecule has 1 aliphatic heterocycles. The van der Waals surface area contributed by atoms with E-state index < -0.39 is 17.6 Å². The SMILES string of the molecule is CCNc1ncc2c(n1)N(CC)C(=O)N(c1cccc(NC(=O)c3cccc(C(F)(F)F)c3)c1C)C2. The highest BCUT2D eigenvalue weighted by Gasteiger charge is 2.33. The molecule has 36 heavy (non-hydrogen) atoms. The minimum absolute atomic E-state index is 0.122. The molecule has 0 atom stereocenters. The van der Waals surface area contributed by atoms with Crippen LogP contribution in [0.5, 0.6) is 0 Å². The topological polar surface area (TPSA) is 90.5 Å². The van der Waals surface area contributed by atoms with Gasteiger partial charge in [0.15, 0.2) is 0 Å². The minimum atomic E-state index is -4.56. The van der Waals surface area contributed by atoms with Gasteiger partial charge in [0.2, 0.25) is 5.95 Å². The third-order valence-corrected chi connectivity index (χ3v) is 5.84. The molecule has 0 spiro atoms. The smallest absolute Gasteiger partial charge is 0.354 e. The van der Waals surface area contributed by atoms with Crippen molar-refractivity contribution in [1.29, 1.82) is 0 Å². The third-order valence-electron chi connectivity index (χ3n) is 5.84.